The number of hydrogen-bond acceptors (Lipinski definition) is 4. The lowest BCUT2D eigenvalue weighted by molar-refractivity contribution is -0.163. The monoisotopic (exact) mass is 186 g/mol. The molecule has 0 N–H and O–H groups in total. The first-order valence-corrected chi connectivity index (χ1v) is 4.24. The summed E-state index contributed by atoms with van der Waals surface area (Å²) in [5.74, 6) is -2.47. The first kappa shape index (κ1) is 11.8. The quantitative estimate of drug-likeness (QED) is 0.487. The standard InChI is InChI=1S/C9H14O4/c1-4-5-8(11)13-9(12)6(2)7(3)10/h6H,4-5H2,1-3H3. The third-order valence-corrected chi connectivity index (χ3v) is 1.63. The maximum atomic E-state index is 11.0. The van der Waals surface area contributed by atoms with Crippen LogP contribution in [-0.2, 0) is 19.1 Å². The van der Waals surface area contributed by atoms with Gasteiger partial charge in [-0.15, -0.1) is 0 Å². The normalized spacial score (nSPS) is 11.9. The minimum atomic E-state index is -0.846. The molecule has 0 amide bonds. The zero-order valence-electron chi connectivity index (χ0n) is 8.12. The molecule has 0 heterocycles. The van der Waals surface area contributed by atoms with Gasteiger partial charge in [0, 0.05) is 6.42 Å². The van der Waals surface area contributed by atoms with Crippen molar-refractivity contribution < 1.29 is 19.1 Å². The Morgan fingerprint density at radius 1 is 1.31 bits per heavy atom. The van der Waals surface area contributed by atoms with E-state index in [2.05, 4.69) is 4.74 Å². The van der Waals surface area contributed by atoms with Gasteiger partial charge in [0.25, 0.3) is 0 Å². The number of carbonyl (C=O) groups is 3. The van der Waals surface area contributed by atoms with Crippen molar-refractivity contribution in [1.29, 1.82) is 0 Å². The zero-order chi connectivity index (χ0) is 10.4. The molecule has 0 radical (unpaired) electrons. The van der Waals surface area contributed by atoms with E-state index in [1.54, 1.807) is 6.92 Å². The van der Waals surface area contributed by atoms with E-state index in [-0.39, 0.29) is 12.2 Å². The molecule has 1 atom stereocenters. The Balaban J connectivity index is 4.00. The minimum absolute atomic E-state index is 0.205. The third-order valence-electron chi connectivity index (χ3n) is 1.63. The van der Waals surface area contributed by atoms with Crippen molar-refractivity contribution in [2.24, 2.45) is 5.92 Å². The number of esters is 2. The van der Waals surface area contributed by atoms with Crippen LogP contribution in [0.3, 0.4) is 0 Å². The van der Waals surface area contributed by atoms with Gasteiger partial charge in [-0.05, 0) is 20.3 Å². The van der Waals surface area contributed by atoms with Gasteiger partial charge < -0.3 is 4.74 Å². The van der Waals surface area contributed by atoms with Gasteiger partial charge in [0.15, 0.2) is 0 Å². The summed E-state index contributed by atoms with van der Waals surface area (Å²) in [6.45, 7) is 4.51. The van der Waals surface area contributed by atoms with Gasteiger partial charge in [0.05, 0.1) is 0 Å². The molecule has 0 saturated carbocycles. The Labute approximate surface area is 77.3 Å². The second kappa shape index (κ2) is 5.45. The second-order valence-electron chi connectivity index (χ2n) is 2.88. The molecule has 0 fully saturated rings. The van der Waals surface area contributed by atoms with Crippen LogP contribution < -0.4 is 0 Å². The van der Waals surface area contributed by atoms with Gasteiger partial charge in [-0.2, -0.15) is 0 Å². The third kappa shape index (κ3) is 4.40. The zero-order valence-corrected chi connectivity index (χ0v) is 8.12. The highest BCUT2D eigenvalue weighted by Crippen LogP contribution is 2.02. The maximum Gasteiger partial charge on any atom is 0.323 e. The van der Waals surface area contributed by atoms with E-state index in [0.717, 1.165) is 0 Å². The smallest absolute Gasteiger partial charge is 0.323 e. The molecule has 0 aromatic heterocycles. The fourth-order valence-electron chi connectivity index (χ4n) is 0.622. The number of carbonyl (C=O) groups excluding carboxylic acids is 3. The summed E-state index contributed by atoms with van der Waals surface area (Å²) in [7, 11) is 0. The van der Waals surface area contributed by atoms with Crippen LogP contribution in [0.4, 0.5) is 0 Å². The number of ketones is 1. The van der Waals surface area contributed by atoms with E-state index in [1.165, 1.54) is 13.8 Å². The van der Waals surface area contributed by atoms with Crippen LogP contribution in [-0.4, -0.2) is 17.7 Å². The Bertz CT molecular complexity index is 220. The summed E-state index contributed by atoms with van der Waals surface area (Å²) in [5, 5.41) is 0. The Kier molecular flexibility index (Phi) is 4.96. The van der Waals surface area contributed by atoms with Gasteiger partial charge in [0.2, 0.25) is 0 Å². The second-order valence-corrected chi connectivity index (χ2v) is 2.88. The van der Waals surface area contributed by atoms with Gasteiger partial charge >= 0.3 is 11.9 Å². The van der Waals surface area contributed by atoms with E-state index in [9.17, 15) is 14.4 Å². The molecule has 0 aliphatic carbocycles. The van der Waals surface area contributed by atoms with Gasteiger partial charge in [0.1, 0.15) is 11.7 Å². The van der Waals surface area contributed by atoms with E-state index in [4.69, 9.17) is 0 Å². The lowest BCUT2D eigenvalue weighted by atomic mass is 10.1. The molecule has 13 heavy (non-hydrogen) atoms. The van der Waals surface area contributed by atoms with E-state index in [0.29, 0.717) is 6.42 Å². The van der Waals surface area contributed by atoms with Crippen molar-refractivity contribution in [2.75, 3.05) is 0 Å². The Morgan fingerprint density at radius 2 is 1.85 bits per heavy atom. The minimum Gasteiger partial charge on any atom is -0.393 e. The average Bonchev–Trinajstić information content (AvgIpc) is 2.03. The molecule has 0 aromatic carbocycles. The highest BCUT2D eigenvalue weighted by atomic mass is 16.6. The molecule has 0 aliphatic rings. The summed E-state index contributed by atoms with van der Waals surface area (Å²) in [4.78, 5) is 32.5. The van der Waals surface area contributed by atoms with Crippen molar-refractivity contribution in [3.63, 3.8) is 0 Å². The molecule has 0 rings (SSSR count). The molecule has 74 valence electrons. The number of ether oxygens (including phenoxy) is 1. The first-order chi connectivity index (χ1) is 5.99. The largest absolute Gasteiger partial charge is 0.393 e. The van der Waals surface area contributed by atoms with Gasteiger partial charge in [-0.1, -0.05) is 6.92 Å². The fourth-order valence-corrected chi connectivity index (χ4v) is 0.622. The summed E-state index contributed by atoms with van der Waals surface area (Å²) in [5.41, 5.74) is 0. The summed E-state index contributed by atoms with van der Waals surface area (Å²) in [6, 6.07) is 0. The molecule has 0 spiro atoms. The summed E-state index contributed by atoms with van der Waals surface area (Å²) < 4.78 is 4.42. The van der Waals surface area contributed by atoms with Crippen molar-refractivity contribution in [3.8, 4) is 0 Å². The molecular formula is C9H14O4. The molecule has 0 bridgehead atoms. The molecule has 0 aromatic rings. The lowest BCUT2D eigenvalue weighted by Crippen LogP contribution is -2.23. The van der Waals surface area contributed by atoms with E-state index < -0.39 is 17.9 Å². The topological polar surface area (TPSA) is 60.4 Å². The SMILES string of the molecule is CCCC(=O)OC(=O)C(C)C(C)=O. The maximum absolute atomic E-state index is 11.0. The van der Waals surface area contributed by atoms with Crippen LogP contribution in [0.25, 0.3) is 0 Å². The summed E-state index contributed by atoms with van der Waals surface area (Å²) in [6.07, 6.45) is 0.830. The van der Waals surface area contributed by atoms with Crippen LogP contribution in [0.5, 0.6) is 0 Å². The van der Waals surface area contributed by atoms with Crippen LogP contribution in [0.15, 0.2) is 0 Å². The van der Waals surface area contributed by atoms with Crippen molar-refractivity contribution in [1.82, 2.24) is 0 Å². The first-order valence-electron chi connectivity index (χ1n) is 4.24. The molecule has 4 nitrogen and oxygen atoms in total. The lowest BCUT2D eigenvalue weighted by Gasteiger charge is -2.05. The average molecular weight is 186 g/mol. The highest BCUT2D eigenvalue weighted by molar-refractivity contribution is 6.00. The molecule has 0 aliphatic heterocycles. The molecular weight excluding hydrogens is 172 g/mol. The number of hydrogen-bond donors (Lipinski definition) is 0. The highest BCUT2D eigenvalue weighted by Gasteiger charge is 2.21. The van der Waals surface area contributed by atoms with Crippen LogP contribution >= 0.6 is 0 Å². The Morgan fingerprint density at radius 3 is 2.23 bits per heavy atom. The van der Waals surface area contributed by atoms with Crippen LogP contribution in [0.2, 0.25) is 0 Å². The van der Waals surface area contributed by atoms with E-state index in [1.807, 2.05) is 0 Å². The molecule has 4 heteroatoms. The van der Waals surface area contributed by atoms with Crippen molar-refractivity contribution in [3.05, 3.63) is 0 Å². The fraction of sp³-hybridized carbons (Fsp3) is 0.667. The Hall–Kier alpha value is -1.19. The predicted octanol–water partition coefficient (Wildman–Crippen LogP) is 1.08. The van der Waals surface area contributed by atoms with Crippen molar-refractivity contribution in [2.45, 2.75) is 33.6 Å². The van der Waals surface area contributed by atoms with Crippen LogP contribution in [0, 0.1) is 5.92 Å². The predicted molar refractivity (Wildman–Crippen MR) is 45.9 cm³/mol. The summed E-state index contributed by atoms with van der Waals surface area (Å²) >= 11 is 0. The van der Waals surface area contributed by atoms with E-state index >= 15 is 0 Å². The number of rotatable bonds is 4. The van der Waals surface area contributed by atoms with Crippen LogP contribution in [0.1, 0.15) is 33.6 Å². The molecule has 0 saturated heterocycles. The van der Waals surface area contributed by atoms with Gasteiger partial charge in [-0.3, -0.25) is 14.4 Å². The molecule has 1 unspecified atom stereocenters. The van der Waals surface area contributed by atoms with Crippen molar-refractivity contribution >= 4 is 17.7 Å². The number of Topliss-reactive ketones (excluding diaryl/α,β-unsaturated/α-hetero) is 1. The van der Waals surface area contributed by atoms with Gasteiger partial charge in [-0.25, -0.2) is 0 Å².